The molecule has 0 aliphatic heterocycles. The minimum absolute atomic E-state index is 0.0190. The van der Waals surface area contributed by atoms with Crippen LogP contribution in [0.2, 0.25) is 0 Å². The summed E-state index contributed by atoms with van der Waals surface area (Å²) in [6.07, 6.45) is 2.04. The number of nitrogens with zero attached hydrogens (tertiary/aromatic N) is 1. The molecule has 0 saturated heterocycles. The van der Waals surface area contributed by atoms with E-state index < -0.39 is 11.9 Å². The molecule has 2 unspecified atom stereocenters. The summed E-state index contributed by atoms with van der Waals surface area (Å²) in [5, 5.41) is 14.6. The highest BCUT2D eigenvalue weighted by Crippen LogP contribution is 2.25. The van der Waals surface area contributed by atoms with Gasteiger partial charge in [-0.3, -0.25) is 9.59 Å². The van der Waals surface area contributed by atoms with E-state index in [9.17, 15) is 14.4 Å². The molecule has 1 rings (SSSR count). The van der Waals surface area contributed by atoms with E-state index in [1.165, 1.54) is 4.90 Å². The molecule has 0 aromatic rings. The fraction of sp³-hybridized carbons (Fsp3) is 0.786. The summed E-state index contributed by atoms with van der Waals surface area (Å²) in [6.45, 7) is 5.85. The number of likely N-dealkylation sites (N-methyl/N-ethyl adjacent to an activating group) is 1. The molecule has 0 aromatic carbocycles. The first-order chi connectivity index (χ1) is 9.85. The largest absolute Gasteiger partial charge is 0.481 e. The van der Waals surface area contributed by atoms with Crippen LogP contribution in [-0.4, -0.2) is 53.1 Å². The quantitative estimate of drug-likeness (QED) is 0.675. The van der Waals surface area contributed by atoms with Crippen LogP contribution in [0.15, 0.2) is 0 Å². The molecule has 1 fully saturated rings. The number of hydrogen-bond donors (Lipinski definition) is 3. The summed E-state index contributed by atoms with van der Waals surface area (Å²) < 4.78 is 0. The van der Waals surface area contributed by atoms with Crippen LogP contribution < -0.4 is 10.6 Å². The minimum atomic E-state index is -0.876. The average molecular weight is 299 g/mol. The third-order valence-electron chi connectivity index (χ3n) is 3.60. The van der Waals surface area contributed by atoms with Crippen molar-refractivity contribution >= 4 is 17.9 Å². The van der Waals surface area contributed by atoms with Gasteiger partial charge in [0.25, 0.3) is 0 Å². The van der Waals surface area contributed by atoms with Crippen LogP contribution in [0.4, 0.5) is 4.79 Å². The molecule has 1 aliphatic rings. The number of urea groups is 1. The Morgan fingerprint density at radius 2 is 1.95 bits per heavy atom. The van der Waals surface area contributed by atoms with Gasteiger partial charge in [0.15, 0.2) is 0 Å². The zero-order valence-electron chi connectivity index (χ0n) is 12.9. The second-order valence-electron chi connectivity index (χ2n) is 5.67. The van der Waals surface area contributed by atoms with Crippen molar-refractivity contribution in [2.24, 2.45) is 5.92 Å². The second-order valence-corrected chi connectivity index (χ2v) is 5.67. The van der Waals surface area contributed by atoms with Crippen molar-refractivity contribution in [1.82, 2.24) is 15.5 Å². The fourth-order valence-corrected chi connectivity index (χ4v) is 2.55. The number of carbonyl (C=O) groups excluding carboxylic acids is 2. The first kappa shape index (κ1) is 17.3. The van der Waals surface area contributed by atoms with E-state index in [4.69, 9.17) is 5.11 Å². The van der Waals surface area contributed by atoms with E-state index in [2.05, 4.69) is 10.6 Å². The van der Waals surface area contributed by atoms with Crippen LogP contribution in [0.1, 0.15) is 40.0 Å². The topological polar surface area (TPSA) is 98.7 Å². The van der Waals surface area contributed by atoms with Crippen LogP contribution >= 0.6 is 0 Å². The van der Waals surface area contributed by atoms with Crippen molar-refractivity contribution in [1.29, 1.82) is 0 Å². The summed E-state index contributed by atoms with van der Waals surface area (Å²) in [5.74, 6) is -1.63. The van der Waals surface area contributed by atoms with Crippen molar-refractivity contribution in [2.75, 3.05) is 13.1 Å². The predicted molar refractivity (Wildman–Crippen MR) is 77.8 cm³/mol. The molecule has 2 atom stereocenters. The molecular formula is C14H25N3O4. The van der Waals surface area contributed by atoms with Crippen molar-refractivity contribution in [2.45, 2.75) is 52.1 Å². The van der Waals surface area contributed by atoms with E-state index in [1.54, 1.807) is 6.92 Å². The summed E-state index contributed by atoms with van der Waals surface area (Å²) in [7, 11) is 0. The van der Waals surface area contributed by atoms with Gasteiger partial charge in [-0.1, -0.05) is 6.42 Å². The molecule has 120 valence electrons. The van der Waals surface area contributed by atoms with Gasteiger partial charge in [0.1, 0.15) is 6.54 Å². The smallest absolute Gasteiger partial charge is 0.318 e. The lowest BCUT2D eigenvalue weighted by atomic mass is 10.0. The highest BCUT2D eigenvalue weighted by atomic mass is 16.4. The van der Waals surface area contributed by atoms with Gasteiger partial charge in [-0.05, 0) is 33.6 Å². The van der Waals surface area contributed by atoms with Crippen LogP contribution in [0.3, 0.4) is 0 Å². The normalized spacial score (nSPS) is 21.1. The van der Waals surface area contributed by atoms with E-state index >= 15 is 0 Å². The van der Waals surface area contributed by atoms with Crippen molar-refractivity contribution < 1.29 is 19.5 Å². The molecule has 7 nitrogen and oxygen atoms in total. The van der Waals surface area contributed by atoms with Gasteiger partial charge in [-0.2, -0.15) is 0 Å². The lowest BCUT2D eigenvalue weighted by molar-refractivity contribution is -0.142. The maximum absolute atomic E-state index is 12.2. The average Bonchev–Trinajstić information content (AvgIpc) is 2.83. The van der Waals surface area contributed by atoms with Crippen LogP contribution in [0, 0.1) is 5.92 Å². The lowest BCUT2D eigenvalue weighted by Crippen LogP contribution is -2.50. The number of carboxylic acid groups (broad SMARTS) is 1. The van der Waals surface area contributed by atoms with Crippen LogP contribution in [0.25, 0.3) is 0 Å². The number of carbonyl (C=O) groups is 3. The van der Waals surface area contributed by atoms with Crippen molar-refractivity contribution in [3.05, 3.63) is 0 Å². The molecule has 0 radical (unpaired) electrons. The first-order valence-electron chi connectivity index (χ1n) is 7.42. The molecule has 3 amide bonds. The van der Waals surface area contributed by atoms with Gasteiger partial charge in [-0.15, -0.1) is 0 Å². The molecule has 3 N–H and O–H groups in total. The summed E-state index contributed by atoms with van der Waals surface area (Å²) >= 11 is 0. The number of carboxylic acids is 1. The number of aliphatic carboxylic acids is 1. The van der Waals surface area contributed by atoms with Gasteiger partial charge in [-0.25, -0.2) is 4.79 Å². The molecule has 0 aromatic heterocycles. The number of hydrogen-bond acceptors (Lipinski definition) is 3. The number of rotatable bonds is 6. The van der Waals surface area contributed by atoms with E-state index in [0.717, 1.165) is 6.42 Å². The Morgan fingerprint density at radius 1 is 1.29 bits per heavy atom. The number of nitrogens with one attached hydrogen (secondary N) is 2. The molecule has 1 aliphatic carbocycles. The Morgan fingerprint density at radius 3 is 2.48 bits per heavy atom. The zero-order valence-corrected chi connectivity index (χ0v) is 12.9. The zero-order chi connectivity index (χ0) is 16.0. The Hall–Kier alpha value is -1.79. The maximum Gasteiger partial charge on any atom is 0.318 e. The summed E-state index contributed by atoms with van der Waals surface area (Å²) in [4.78, 5) is 36.4. The molecular weight excluding hydrogens is 274 g/mol. The van der Waals surface area contributed by atoms with E-state index in [-0.39, 0.29) is 30.6 Å². The summed E-state index contributed by atoms with van der Waals surface area (Å²) in [6, 6.07) is -0.711. The van der Waals surface area contributed by atoms with Gasteiger partial charge in [0.2, 0.25) is 5.91 Å². The minimum Gasteiger partial charge on any atom is -0.481 e. The molecule has 0 spiro atoms. The first-order valence-corrected chi connectivity index (χ1v) is 7.42. The molecule has 21 heavy (non-hydrogen) atoms. The van der Waals surface area contributed by atoms with Crippen LogP contribution in [0.5, 0.6) is 0 Å². The molecule has 0 heterocycles. The third-order valence-corrected chi connectivity index (χ3v) is 3.60. The van der Waals surface area contributed by atoms with Gasteiger partial charge >= 0.3 is 12.0 Å². The maximum atomic E-state index is 12.2. The number of amides is 3. The fourth-order valence-electron chi connectivity index (χ4n) is 2.55. The Kier molecular flexibility index (Phi) is 6.45. The molecule has 1 saturated carbocycles. The Labute approximate surface area is 125 Å². The monoisotopic (exact) mass is 299 g/mol. The van der Waals surface area contributed by atoms with Gasteiger partial charge < -0.3 is 20.6 Å². The van der Waals surface area contributed by atoms with Gasteiger partial charge in [0, 0.05) is 18.6 Å². The van der Waals surface area contributed by atoms with Gasteiger partial charge in [0.05, 0.1) is 5.92 Å². The van der Waals surface area contributed by atoms with E-state index in [1.807, 2.05) is 13.8 Å². The van der Waals surface area contributed by atoms with Crippen molar-refractivity contribution in [3.63, 3.8) is 0 Å². The summed E-state index contributed by atoms with van der Waals surface area (Å²) in [5.41, 5.74) is 0. The predicted octanol–water partition coefficient (Wildman–Crippen LogP) is 0.796. The SMILES string of the molecule is CCN(CC(=O)NC(C)C)C(=O)NC1CCCC1C(=O)O. The standard InChI is InChI=1S/C14H25N3O4/c1-4-17(8-12(18)15-9(2)3)14(21)16-11-7-5-6-10(11)13(19)20/h9-11H,4-8H2,1-3H3,(H,15,18)(H,16,21)(H,19,20). The molecule has 0 bridgehead atoms. The van der Waals surface area contributed by atoms with Crippen LogP contribution in [-0.2, 0) is 9.59 Å². The van der Waals surface area contributed by atoms with Crippen molar-refractivity contribution in [3.8, 4) is 0 Å². The molecule has 7 heteroatoms. The third kappa shape index (κ3) is 5.24. The second kappa shape index (κ2) is 7.85. The highest BCUT2D eigenvalue weighted by molar-refractivity contribution is 5.84. The van der Waals surface area contributed by atoms with E-state index in [0.29, 0.717) is 19.4 Å². The Bertz CT molecular complexity index is 398. The Balaban J connectivity index is 2.55. The highest BCUT2D eigenvalue weighted by Gasteiger charge is 2.34. The lowest BCUT2D eigenvalue weighted by Gasteiger charge is -2.25.